The number of halogens is 2. The molecule has 0 aliphatic heterocycles. The Morgan fingerprint density at radius 3 is 2.95 bits per heavy atom. The monoisotopic (exact) mass is 279 g/mol. The van der Waals surface area contributed by atoms with Crippen molar-refractivity contribution < 1.29 is 13.6 Å². The predicted octanol–water partition coefficient (Wildman–Crippen LogP) is 1.98. The van der Waals surface area contributed by atoms with Crippen LogP contribution in [0.1, 0.15) is 17.8 Å². The number of nitrogens with zero attached hydrogens (tertiary/aromatic N) is 1. The van der Waals surface area contributed by atoms with Gasteiger partial charge in [-0.05, 0) is 12.5 Å². The minimum Gasteiger partial charge on any atom is -0.356 e. The van der Waals surface area contributed by atoms with Crippen LogP contribution in [-0.2, 0) is 17.6 Å². The number of H-pyrrole nitrogens is 1. The summed E-state index contributed by atoms with van der Waals surface area (Å²) in [5, 5.41) is 2.67. The molecule has 0 aliphatic carbocycles. The number of nitrogens with one attached hydrogen (secondary N) is 2. The van der Waals surface area contributed by atoms with Gasteiger partial charge in [0.15, 0.2) is 11.6 Å². The van der Waals surface area contributed by atoms with Crippen molar-refractivity contribution >= 4 is 5.91 Å². The molecule has 0 saturated heterocycles. The van der Waals surface area contributed by atoms with Crippen LogP contribution in [0.25, 0.3) is 0 Å². The van der Waals surface area contributed by atoms with Gasteiger partial charge in [0.2, 0.25) is 5.91 Å². The van der Waals surface area contributed by atoms with Crippen molar-refractivity contribution in [3.8, 4) is 0 Å². The van der Waals surface area contributed by atoms with E-state index in [4.69, 9.17) is 0 Å². The second-order valence-electron chi connectivity index (χ2n) is 4.38. The van der Waals surface area contributed by atoms with E-state index in [1.165, 1.54) is 12.1 Å². The number of aromatic amines is 1. The number of imidazole rings is 1. The first kappa shape index (κ1) is 14.2. The number of aromatic nitrogens is 2. The minimum atomic E-state index is -0.960. The molecule has 2 rings (SSSR count). The average molecular weight is 279 g/mol. The largest absolute Gasteiger partial charge is 0.356 e. The van der Waals surface area contributed by atoms with Crippen molar-refractivity contribution in [3.63, 3.8) is 0 Å². The van der Waals surface area contributed by atoms with Crippen LogP contribution in [0.2, 0.25) is 0 Å². The van der Waals surface area contributed by atoms with E-state index in [0.29, 0.717) is 6.54 Å². The molecule has 1 aromatic heterocycles. The van der Waals surface area contributed by atoms with Gasteiger partial charge in [-0.1, -0.05) is 12.1 Å². The second kappa shape index (κ2) is 6.79. The normalized spacial score (nSPS) is 10.5. The summed E-state index contributed by atoms with van der Waals surface area (Å²) in [5.74, 6) is -1.37. The number of aryl methyl sites for hydroxylation is 1. The van der Waals surface area contributed by atoms with Crippen molar-refractivity contribution in [1.82, 2.24) is 15.3 Å². The molecule has 20 heavy (non-hydrogen) atoms. The summed E-state index contributed by atoms with van der Waals surface area (Å²) in [6.45, 7) is 0.469. The minimum absolute atomic E-state index is 0.0635. The summed E-state index contributed by atoms with van der Waals surface area (Å²) in [7, 11) is 0. The lowest BCUT2D eigenvalue weighted by Crippen LogP contribution is -2.26. The number of rotatable bonds is 6. The zero-order valence-electron chi connectivity index (χ0n) is 10.8. The molecule has 0 aliphatic rings. The topological polar surface area (TPSA) is 57.8 Å². The number of hydrogen-bond acceptors (Lipinski definition) is 2. The molecule has 1 amide bonds. The lowest BCUT2D eigenvalue weighted by molar-refractivity contribution is -0.120. The third kappa shape index (κ3) is 3.88. The molecule has 0 unspecified atom stereocenters. The molecule has 4 nitrogen and oxygen atoms in total. The lowest BCUT2D eigenvalue weighted by atomic mass is 10.1. The highest BCUT2D eigenvalue weighted by molar-refractivity contribution is 5.78. The molecule has 106 valence electrons. The van der Waals surface area contributed by atoms with E-state index in [9.17, 15) is 13.6 Å². The average Bonchev–Trinajstić information content (AvgIpc) is 2.93. The molecule has 0 atom stereocenters. The standard InChI is InChI=1S/C14H15F2N3O/c15-11-4-1-3-10(14(11)16)9-13(20)19-6-2-5-12-17-7-8-18-12/h1,3-4,7-8H,2,5-6,9H2,(H,17,18)(H,19,20). The maximum atomic E-state index is 13.4. The number of amides is 1. The van der Waals surface area contributed by atoms with Crippen LogP contribution in [0.15, 0.2) is 30.6 Å². The molecule has 2 aromatic rings. The zero-order chi connectivity index (χ0) is 14.4. The number of hydrogen-bond donors (Lipinski definition) is 2. The van der Waals surface area contributed by atoms with Crippen molar-refractivity contribution in [3.05, 3.63) is 53.6 Å². The Morgan fingerprint density at radius 2 is 2.20 bits per heavy atom. The van der Waals surface area contributed by atoms with Crippen LogP contribution in [-0.4, -0.2) is 22.4 Å². The highest BCUT2D eigenvalue weighted by Crippen LogP contribution is 2.11. The molecular formula is C14H15F2N3O. The summed E-state index contributed by atoms with van der Waals surface area (Å²) < 4.78 is 26.3. The van der Waals surface area contributed by atoms with E-state index < -0.39 is 11.6 Å². The molecule has 0 radical (unpaired) electrons. The van der Waals surface area contributed by atoms with Crippen LogP contribution >= 0.6 is 0 Å². The molecule has 1 heterocycles. The van der Waals surface area contributed by atoms with Gasteiger partial charge in [-0.3, -0.25) is 4.79 Å². The first-order valence-electron chi connectivity index (χ1n) is 6.34. The Morgan fingerprint density at radius 1 is 1.35 bits per heavy atom. The molecular weight excluding hydrogens is 264 g/mol. The van der Waals surface area contributed by atoms with Gasteiger partial charge in [0.25, 0.3) is 0 Å². The zero-order valence-corrected chi connectivity index (χ0v) is 10.8. The fourth-order valence-corrected chi connectivity index (χ4v) is 1.84. The van der Waals surface area contributed by atoms with Gasteiger partial charge in [-0.15, -0.1) is 0 Å². The van der Waals surface area contributed by atoms with Crippen molar-refractivity contribution in [2.75, 3.05) is 6.54 Å². The van der Waals surface area contributed by atoms with E-state index in [-0.39, 0.29) is 17.9 Å². The van der Waals surface area contributed by atoms with Gasteiger partial charge < -0.3 is 10.3 Å². The third-order valence-corrected chi connectivity index (χ3v) is 2.85. The fourth-order valence-electron chi connectivity index (χ4n) is 1.84. The van der Waals surface area contributed by atoms with Gasteiger partial charge in [-0.2, -0.15) is 0 Å². The molecule has 0 saturated carbocycles. The first-order valence-corrected chi connectivity index (χ1v) is 6.34. The van der Waals surface area contributed by atoms with Gasteiger partial charge in [0.1, 0.15) is 5.82 Å². The second-order valence-corrected chi connectivity index (χ2v) is 4.38. The lowest BCUT2D eigenvalue weighted by Gasteiger charge is -2.06. The van der Waals surface area contributed by atoms with E-state index >= 15 is 0 Å². The van der Waals surface area contributed by atoms with Crippen LogP contribution in [0, 0.1) is 11.6 Å². The molecule has 1 aromatic carbocycles. The van der Waals surface area contributed by atoms with Crippen LogP contribution in [0.3, 0.4) is 0 Å². The van der Waals surface area contributed by atoms with Gasteiger partial charge >= 0.3 is 0 Å². The maximum absolute atomic E-state index is 13.4. The molecule has 6 heteroatoms. The fraction of sp³-hybridized carbons (Fsp3) is 0.286. The van der Waals surface area contributed by atoms with E-state index in [1.54, 1.807) is 12.4 Å². The highest BCUT2D eigenvalue weighted by atomic mass is 19.2. The van der Waals surface area contributed by atoms with Gasteiger partial charge in [0.05, 0.1) is 6.42 Å². The SMILES string of the molecule is O=C(Cc1cccc(F)c1F)NCCCc1ncc[nH]1. The first-order chi connectivity index (χ1) is 9.66. The van der Waals surface area contributed by atoms with E-state index in [1.807, 2.05) is 0 Å². The van der Waals surface area contributed by atoms with Crippen molar-refractivity contribution in [1.29, 1.82) is 0 Å². The van der Waals surface area contributed by atoms with Crippen molar-refractivity contribution in [2.24, 2.45) is 0 Å². The Labute approximate surface area is 115 Å². The summed E-state index contributed by atoms with van der Waals surface area (Å²) >= 11 is 0. The van der Waals surface area contributed by atoms with E-state index in [0.717, 1.165) is 24.7 Å². The number of carbonyl (C=O) groups is 1. The Balaban J connectivity index is 1.74. The summed E-state index contributed by atoms with van der Waals surface area (Å²) in [6, 6.07) is 3.82. The molecule has 0 bridgehead atoms. The Hall–Kier alpha value is -2.24. The van der Waals surface area contributed by atoms with Gasteiger partial charge in [0, 0.05) is 30.9 Å². The summed E-state index contributed by atoms with van der Waals surface area (Å²) in [5.41, 5.74) is 0.0635. The quantitative estimate of drug-likeness (QED) is 0.794. The third-order valence-electron chi connectivity index (χ3n) is 2.85. The smallest absolute Gasteiger partial charge is 0.224 e. The van der Waals surface area contributed by atoms with Crippen LogP contribution in [0.4, 0.5) is 8.78 Å². The molecule has 0 fully saturated rings. The summed E-state index contributed by atoms with van der Waals surface area (Å²) in [4.78, 5) is 18.6. The number of carbonyl (C=O) groups excluding carboxylic acids is 1. The Bertz CT molecular complexity index is 570. The van der Waals surface area contributed by atoms with Crippen molar-refractivity contribution in [2.45, 2.75) is 19.3 Å². The van der Waals surface area contributed by atoms with Crippen LogP contribution < -0.4 is 5.32 Å². The van der Waals surface area contributed by atoms with E-state index in [2.05, 4.69) is 15.3 Å². The van der Waals surface area contributed by atoms with Gasteiger partial charge in [-0.25, -0.2) is 13.8 Å². The molecule has 0 spiro atoms. The maximum Gasteiger partial charge on any atom is 0.224 e. The predicted molar refractivity (Wildman–Crippen MR) is 70.0 cm³/mol. The highest BCUT2D eigenvalue weighted by Gasteiger charge is 2.11. The Kier molecular flexibility index (Phi) is 4.81. The van der Waals surface area contributed by atoms with Crippen LogP contribution in [0.5, 0.6) is 0 Å². The molecule has 2 N–H and O–H groups in total. The number of benzene rings is 1. The summed E-state index contributed by atoms with van der Waals surface area (Å²) in [6.07, 6.45) is 4.69.